The van der Waals surface area contributed by atoms with Gasteiger partial charge in [-0.05, 0) is 52.6 Å². The van der Waals surface area contributed by atoms with Gasteiger partial charge < -0.3 is 4.74 Å². The lowest BCUT2D eigenvalue weighted by molar-refractivity contribution is 0.412. The summed E-state index contributed by atoms with van der Waals surface area (Å²) >= 11 is 3.35. The first-order valence-corrected chi connectivity index (χ1v) is 12.1. The third kappa shape index (κ3) is 4.70. The van der Waals surface area contributed by atoms with Gasteiger partial charge in [-0.2, -0.15) is 0 Å². The maximum Gasteiger partial charge on any atom is 0.196 e. The molecule has 160 valence electrons. The van der Waals surface area contributed by atoms with Crippen molar-refractivity contribution in [1.29, 1.82) is 0 Å². The van der Waals surface area contributed by atoms with E-state index in [1.165, 1.54) is 11.1 Å². The Morgan fingerprint density at radius 3 is 2.45 bits per heavy atom. The monoisotopic (exact) mass is 449 g/mol. The minimum Gasteiger partial charge on any atom is -0.495 e. The number of nitrogens with zero attached hydrogens (tertiary/aromatic N) is 3. The van der Waals surface area contributed by atoms with E-state index >= 15 is 0 Å². The van der Waals surface area contributed by atoms with Crippen LogP contribution in [0.1, 0.15) is 37.5 Å². The molecule has 0 saturated heterocycles. The molecule has 0 aliphatic carbocycles. The van der Waals surface area contributed by atoms with E-state index in [-0.39, 0.29) is 5.41 Å². The molecule has 0 radical (unpaired) electrons. The summed E-state index contributed by atoms with van der Waals surface area (Å²) in [4.78, 5) is 1.08. The standard InChI is InChI=1S/C25H27N3OS2/c1-17-8-13-21(29-5)20(15-17)28-23(22-7-6-14-30-22)26-27-24(28)31-16-18-9-11-19(12-10-18)25(2,3)4/h6-15H,16H2,1-5H3. The number of hydrogen-bond acceptors (Lipinski definition) is 5. The van der Waals surface area contributed by atoms with Gasteiger partial charge in [0.15, 0.2) is 11.0 Å². The van der Waals surface area contributed by atoms with Crippen LogP contribution in [0.25, 0.3) is 16.4 Å². The predicted molar refractivity (Wildman–Crippen MR) is 131 cm³/mol. The molecule has 0 fully saturated rings. The van der Waals surface area contributed by atoms with Crippen molar-refractivity contribution in [2.24, 2.45) is 0 Å². The van der Waals surface area contributed by atoms with Gasteiger partial charge in [0.05, 0.1) is 17.7 Å². The van der Waals surface area contributed by atoms with E-state index in [0.717, 1.165) is 38.6 Å². The lowest BCUT2D eigenvalue weighted by atomic mass is 9.87. The lowest BCUT2D eigenvalue weighted by Gasteiger charge is -2.19. The fourth-order valence-electron chi connectivity index (χ4n) is 3.37. The van der Waals surface area contributed by atoms with Gasteiger partial charge in [-0.1, -0.05) is 68.9 Å². The van der Waals surface area contributed by atoms with Crippen LogP contribution in [-0.4, -0.2) is 21.9 Å². The molecule has 0 bridgehead atoms. The largest absolute Gasteiger partial charge is 0.495 e. The van der Waals surface area contributed by atoms with Crippen LogP contribution >= 0.6 is 23.1 Å². The molecular formula is C25H27N3OS2. The first kappa shape index (κ1) is 21.7. The summed E-state index contributed by atoms with van der Waals surface area (Å²) in [6.07, 6.45) is 0. The summed E-state index contributed by atoms with van der Waals surface area (Å²) in [5.74, 6) is 2.46. The zero-order valence-corrected chi connectivity index (χ0v) is 20.2. The molecule has 0 aliphatic rings. The Balaban J connectivity index is 1.70. The Kier molecular flexibility index (Phi) is 6.21. The van der Waals surface area contributed by atoms with Gasteiger partial charge in [-0.15, -0.1) is 21.5 Å². The Morgan fingerprint density at radius 2 is 1.81 bits per heavy atom. The molecule has 2 heterocycles. The van der Waals surface area contributed by atoms with E-state index in [9.17, 15) is 0 Å². The summed E-state index contributed by atoms with van der Waals surface area (Å²) in [7, 11) is 1.70. The number of rotatable bonds is 6. The van der Waals surface area contributed by atoms with Crippen LogP contribution in [0.2, 0.25) is 0 Å². The van der Waals surface area contributed by atoms with Gasteiger partial charge in [0.25, 0.3) is 0 Å². The maximum absolute atomic E-state index is 5.68. The van der Waals surface area contributed by atoms with Gasteiger partial charge in [0.1, 0.15) is 5.75 Å². The van der Waals surface area contributed by atoms with E-state index in [4.69, 9.17) is 4.74 Å². The first-order valence-electron chi connectivity index (χ1n) is 10.2. The van der Waals surface area contributed by atoms with Crippen molar-refractivity contribution >= 4 is 23.1 Å². The summed E-state index contributed by atoms with van der Waals surface area (Å²) in [5, 5.41) is 12.0. The van der Waals surface area contributed by atoms with Crippen molar-refractivity contribution in [3.63, 3.8) is 0 Å². The average Bonchev–Trinajstić information content (AvgIpc) is 3.41. The average molecular weight is 450 g/mol. The first-order chi connectivity index (χ1) is 14.9. The zero-order chi connectivity index (χ0) is 22.0. The summed E-state index contributed by atoms with van der Waals surface area (Å²) < 4.78 is 7.79. The molecule has 4 nitrogen and oxygen atoms in total. The highest BCUT2D eigenvalue weighted by atomic mass is 32.2. The molecule has 2 aromatic heterocycles. The van der Waals surface area contributed by atoms with Gasteiger partial charge in [0, 0.05) is 5.75 Å². The van der Waals surface area contributed by atoms with Crippen molar-refractivity contribution in [1.82, 2.24) is 14.8 Å². The maximum atomic E-state index is 5.68. The van der Waals surface area contributed by atoms with Gasteiger partial charge >= 0.3 is 0 Å². The van der Waals surface area contributed by atoms with Crippen molar-refractivity contribution in [2.45, 2.75) is 44.0 Å². The number of aryl methyl sites for hydroxylation is 1. The molecule has 0 aliphatic heterocycles. The molecule has 0 atom stereocenters. The van der Waals surface area contributed by atoms with E-state index < -0.39 is 0 Å². The topological polar surface area (TPSA) is 39.9 Å². The SMILES string of the molecule is COc1ccc(C)cc1-n1c(SCc2ccc(C(C)(C)C)cc2)nnc1-c1cccs1. The number of ether oxygens (including phenoxy) is 1. The molecule has 6 heteroatoms. The van der Waals surface area contributed by atoms with E-state index in [0.29, 0.717) is 0 Å². The Morgan fingerprint density at radius 1 is 1.03 bits per heavy atom. The normalized spacial score (nSPS) is 11.6. The van der Waals surface area contributed by atoms with E-state index in [2.05, 4.69) is 90.3 Å². The van der Waals surface area contributed by atoms with E-state index in [1.54, 1.807) is 30.2 Å². The highest BCUT2D eigenvalue weighted by Gasteiger charge is 2.20. The van der Waals surface area contributed by atoms with Gasteiger partial charge in [0.2, 0.25) is 0 Å². The van der Waals surface area contributed by atoms with Crippen LogP contribution in [0, 0.1) is 6.92 Å². The second kappa shape index (κ2) is 8.89. The molecule has 0 spiro atoms. The number of thioether (sulfide) groups is 1. The lowest BCUT2D eigenvalue weighted by Crippen LogP contribution is -2.10. The van der Waals surface area contributed by atoms with Crippen molar-refractivity contribution in [3.8, 4) is 22.1 Å². The number of benzene rings is 2. The minimum atomic E-state index is 0.156. The molecular weight excluding hydrogens is 422 g/mol. The second-order valence-corrected chi connectivity index (χ2v) is 10.4. The van der Waals surface area contributed by atoms with Crippen molar-refractivity contribution in [3.05, 3.63) is 76.7 Å². The van der Waals surface area contributed by atoms with E-state index in [1.807, 2.05) is 12.1 Å². The molecule has 4 aromatic rings. The quantitative estimate of drug-likeness (QED) is 0.300. The van der Waals surface area contributed by atoms with Crippen LogP contribution in [0.3, 0.4) is 0 Å². The molecule has 4 rings (SSSR count). The smallest absolute Gasteiger partial charge is 0.196 e. The van der Waals surface area contributed by atoms with Crippen LogP contribution in [0.5, 0.6) is 5.75 Å². The van der Waals surface area contributed by atoms with Gasteiger partial charge in [-0.25, -0.2) is 0 Å². The van der Waals surface area contributed by atoms with Crippen LogP contribution in [0.4, 0.5) is 0 Å². The Labute approximate surface area is 192 Å². The third-order valence-corrected chi connectivity index (χ3v) is 7.00. The minimum absolute atomic E-state index is 0.156. The number of hydrogen-bond donors (Lipinski definition) is 0. The second-order valence-electron chi connectivity index (χ2n) is 8.53. The van der Waals surface area contributed by atoms with Crippen molar-refractivity contribution in [2.75, 3.05) is 7.11 Å². The number of methoxy groups -OCH3 is 1. The Bertz CT molecular complexity index is 1160. The van der Waals surface area contributed by atoms with Crippen LogP contribution in [0.15, 0.2) is 65.1 Å². The number of aromatic nitrogens is 3. The Hall–Kier alpha value is -2.57. The van der Waals surface area contributed by atoms with Crippen LogP contribution in [-0.2, 0) is 11.2 Å². The molecule has 31 heavy (non-hydrogen) atoms. The summed E-state index contributed by atoms with van der Waals surface area (Å²) in [6.45, 7) is 8.80. The fourth-order valence-corrected chi connectivity index (χ4v) is 4.97. The fraction of sp³-hybridized carbons (Fsp3) is 0.280. The van der Waals surface area contributed by atoms with Crippen molar-refractivity contribution < 1.29 is 4.74 Å². The number of thiophene rings is 1. The molecule has 0 unspecified atom stereocenters. The molecule has 0 N–H and O–H groups in total. The van der Waals surface area contributed by atoms with Gasteiger partial charge in [-0.3, -0.25) is 4.57 Å². The summed E-state index contributed by atoms with van der Waals surface area (Å²) in [6, 6.07) is 19.2. The molecule has 0 amide bonds. The van der Waals surface area contributed by atoms with Crippen LogP contribution < -0.4 is 4.74 Å². The predicted octanol–water partition coefficient (Wildman–Crippen LogP) is 6.90. The molecule has 2 aromatic carbocycles. The third-order valence-electron chi connectivity index (χ3n) is 5.14. The highest BCUT2D eigenvalue weighted by molar-refractivity contribution is 7.98. The molecule has 0 saturated carbocycles. The zero-order valence-electron chi connectivity index (χ0n) is 18.5. The summed E-state index contributed by atoms with van der Waals surface area (Å²) in [5.41, 5.74) is 4.88. The highest BCUT2D eigenvalue weighted by Crippen LogP contribution is 2.35.